The van der Waals surface area contributed by atoms with Crippen LogP contribution in [0.4, 0.5) is 0 Å². The van der Waals surface area contributed by atoms with E-state index in [0.717, 1.165) is 12.8 Å². The molecule has 0 fully saturated rings. The second kappa shape index (κ2) is 7.40. The average molecular weight is 216 g/mol. The van der Waals surface area contributed by atoms with Crippen molar-refractivity contribution in [2.45, 2.75) is 46.1 Å². The van der Waals surface area contributed by atoms with Gasteiger partial charge in [0.1, 0.15) is 5.78 Å². The maximum Gasteiger partial charge on any atom is 0.335 e. The zero-order valence-corrected chi connectivity index (χ0v) is 9.66. The molecular formula is C11H20O4. The molecule has 0 aromatic rings. The first-order chi connectivity index (χ1) is 7.04. The highest BCUT2D eigenvalue weighted by Gasteiger charge is 2.27. The maximum absolute atomic E-state index is 11.3. The molecule has 15 heavy (non-hydrogen) atoms. The third-order valence-electron chi connectivity index (χ3n) is 2.31. The molecule has 0 spiro atoms. The summed E-state index contributed by atoms with van der Waals surface area (Å²) in [5.41, 5.74) is 0. The van der Waals surface area contributed by atoms with Gasteiger partial charge in [0.05, 0.1) is 12.5 Å². The predicted octanol–water partition coefficient (Wildman–Crippen LogP) is 1.31. The minimum atomic E-state index is -1.32. The van der Waals surface area contributed by atoms with Gasteiger partial charge in [-0.15, -0.1) is 0 Å². The van der Waals surface area contributed by atoms with Crippen LogP contribution in [0.5, 0.6) is 0 Å². The van der Waals surface area contributed by atoms with Gasteiger partial charge in [-0.25, -0.2) is 4.79 Å². The van der Waals surface area contributed by atoms with Crippen molar-refractivity contribution < 1.29 is 19.4 Å². The topological polar surface area (TPSA) is 63.6 Å². The standard InChI is InChI=1S/C11H20O4/c1-4-6-7-15-11(14)10(13)8(3)9(12)5-2/h8,10,13H,4-7H2,1-3H3. The molecule has 0 saturated carbocycles. The fourth-order valence-corrected chi connectivity index (χ4v) is 1.10. The highest BCUT2D eigenvalue weighted by atomic mass is 16.5. The van der Waals surface area contributed by atoms with Gasteiger partial charge in [-0.05, 0) is 6.42 Å². The van der Waals surface area contributed by atoms with E-state index in [2.05, 4.69) is 0 Å². The zero-order chi connectivity index (χ0) is 11.8. The molecule has 4 heteroatoms. The normalized spacial score (nSPS) is 14.4. The molecule has 4 nitrogen and oxygen atoms in total. The summed E-state index contributed by atoms with van der Waals surface area (Å²) in [6.07, 6.45) is 0.691. The predicted molar refractivity (Wildman–Crippen MR) is 56.3 cm³/mol. The van der Waals surface area contributed by atoms with Gasteiger partial charge in [0, 0.05) is 6.42 Å². The molecule has 0 amide bonds. The van der Waals surface area contributed by atoms with Crippen LogP contribution < -0.4 is 0 Å². The molecule has 2 unspecified atom stereocenters. The molecule has 0 radical (unpaired) electrons. The van der Waals surface area contributed by atoms with E-state index in [4.69, 9.17) is 4.74 Å². The number of aliphatic hydroxyl groups is 1. The number of rotatable bonds is 7. The summed E-state index contributed by atoms with van der Waals surface area (Å²) in [6.45, 7) is 5.53. The Kier molecular flexibility index (Phi) is 6.96. The molecule has 1 N–H and O–H groups in total. The Hall–Kier alpha value is -0.900. The number of hydrogen-bond acceptors (Lipinski definition) is 4. The zero-order valence-electron chi connectivity index (χ0n) is 9.66. The van der Waals surface area contributed by atoms with Crippen LogP contribution in [-0.4, -0.2) is 29.6 Å². The number of esters is 1. The first kappa shape index (κ1) is 14.1. The molecule has 2 atom stereocenters. The Balaban J connectivity index is 4.02. The van der Waals surface area contributed by atoms with Crippen molar-refractivity contribution in [1.29, 1.82) is 0 Å². The van der Waals surface area contributed by atoms with Gasteiger partial charge in [-0.2, -0.15) is 0 Å². The number of carbonyl (C=O) groups is 2. The van der Waals surface area contributed by atoms with Crippen LogP contribution in [0.3, 0.4) is 0 Å². The molecule has 0 bridgehead atoms. The van der Waals surface area contributed by atoms with Crippen LogP contribution >= 0.6 is 0 Å². The molecular weight excluding hydrogens is 196 g/mol. The van der Waals surface area contributed by atoms with Crippen LogP contribution in [-0.2, 0) is 14.3 Å². The van der Waals surface area contributed by atoms with E-state index in [0.29, 0.717) is 13.0 Å². The van der Waals surface area contributed by atoms with E-state index < -0.39 is 18.0 Å². The number of Topliss-reactive ketones (excluding diaryl/α,β-unsaturated/α-hetero) is 1. The number of unbranched alkanes of at least 4 members (excludes halogenated alkanes) is 1. The maximum atomic E-state index is 11.3. The Morgan fingerprint density at radius 1 is 1.33 bits per heavy atom. The SMILES string of the molecule is CCCCOC(=O)C(O)C(C)C(=O)CC. The van der Waals surface area contributed by atoms with Gasteiger partial charge in [0.15, 0.2) is 6.10 Å². The number of ether oxygens (including phenoxy) is 1. The van der Waals surface area contributed by atoms with Crippen molar-refractivity contribution >= 4 is 11.8 Å². The summed E-state index contributed by atoms with van der Waals surface area (Å²) in [5.74, 6) is -1.50. The van der Waals surface area contributed by atoms with Gasteiger partial charge >= 0.3 is 5.97 Å². The minimum absolute atomic E-state index is 0.130. The smallest absolute Gasteiger partial charge is 0.335 e. The van der Waals surface area contributed by atoms with Crippen molar-refractivity contribution in [3.8, 4) is 0 Å². The Morgan fingerprint density at radius 2 is 1.93 bits per heavy atom. The molecule has 0 aromatic carbocycles. The number of hydrogen-bond donors (Lipinski definition) is 1. The Bertz CT molecular complexity index is 213. The van der Waals surface area contributed by atoms with Crippen molar-refractivity contribution in [3.63, 3.8) is 0 Å². The van der Waals surface area contributed by atoms with E-state index in [1.165, 1.54) is 6.92 Å². The van der Waals surface area contributed by atoms with E-state index >= 15 is 0 Å². The fourth-order valence-electron chi connectivity index (χ4n) is 1.10. The average Bonchev–Trinajstić information content (AvgIpc) is 2.26. The van der Waals surface area contributed by atoms with Crippen molar-refractivity contribution in [3.05, 3.63) is 0 Å². The summed E-state index contributed by atoms with van der Waals surface area (Å²) in [7, 11) is 0. The van der Waals surface area contributed by atoms with Gasteiger partial charge < -0.3 is 9.84 Å². The molecule has 0 rings (SSSR count). The van der Waals surface area contributed by atoms with Crippen LogP contribution in [0.15, 0.2) is 0 Å². The van der Waals surface area contributed by atoms with Crippen molar-refractivity contribution in [1.82, 2.24) is 0 Å². The molecule has 0 aliphatic rings. The van der Waals surface area contributed by atoms with Crippen LogP contribution in [0.2, 0.25) is 0 Å². The van der Waals surface area contributed by atoms with Crippen LogP contribution in [0.1, 0.15) is 40.0 Å². The third kappa shape index (κ3) is 4.93. The van der Waals surface area contributed by atoms with Crippen molar-refractivity contribution in [2.75, 3.05) is 6.61 Å². The summed E-state index contributed by atoms with van der Waals surface area (Å²) >= 11 is 0. The summed E-state index contributed by atoms with van der Waals surface area (Å²) < 4.78 is 4.82. The Morgan fingerprint density at radius 3 is 2.40 bits per heavy atom. The molecule has 0 aromatic heterocycles. The quantitative estimate of drug-likeness (QED) is 0.514. The van der Waals surface area contributed by atoms with Crippen molar-refractivity contribution in [2.24, 2.45) is 5.92 Å². The third-order valence-corrected chi connectivity index (χ3v) is 2.31. The molecule has 88 valence electrons. The second-order valence-electron chi connectivity index (χ2n) is 3.57. The van der Waals surface area contributed by atoms with Gasteiger partial charge in [-0.1, -0.05) is 27.2 Å². The first-order valence-electron chi connectivity index (χ1n) is 5.42. The van der Waals surface area contributed by atoms with Gasteiger partial charge in [0.2, 0.25) is 0 Å². The fraction of sp³-hybridized carbons (Fsp3) is 0.818. The molecule has 0 heterocycles. The van der Waals surface area contributed by atoms with E-state index in [-0.39, 0.29) is 5.78 Å². The molecule has 0 aliphatic heterocycles. The summed E-state index contributed by atoms with van der Waals surface area (Å²) in [5, 5.41) is 9.49. The van der Waals surface area contributed by atoms with E-state index in [9.17, 15) is 14.7 Å². The number of ketones is 1. The van der Waals surface area contributed by atoms with Crippen LogP contribution in [0.25, 0.3) is 0 Å². The first-order valence-corrected chi connectivity index (χ1v) is 5.42. The van der Waals surface area contributed by atoms with Gasteiger partial charge in [-0.3, -0.25) is 4.79 Å². The van der Waals surface area contributed by atoms with E-state index in [1.54, 1.807) is 6.92 Å². The highest BCUT2D eigenvalue weighted by molar-refractivity contribution is 5.87. The lowest BCUT2D eigenvalue weighted by atomic mass is 9.98. The lowest BCUT2D eigenvalue weighted by molar-refractivity contribution is -0.158. The van der Waals surface area contributed by atoms with Crippen LogP contribution in [0, 0.1) is 5.92 Å². The lowest BCUT2D eigenvalue weighted by Crippen LogP contribution is -2.34. The lowest BCUT2D eigenvalue weighted by Gasteiger charge is -2.15. The van der Waals surface area contributed by atoms with Gasteiger partial charge in [0.25, 0.3) is 0 Å². The summed E-state index contributed by atoms with van der Waals surface area (Å²) in [4.78, 5) is 22.5. The number of aliphatic hydroxyl groups excluding tert-OH is 1. The highest BCUT2D eigenvalue weighted by Crippen LogP contribution is 2.08. The van der Waals surface area contributed by atoms with E-state index in [1.807, 2.05) is 6.92 Å². The largest absolute Gasteiger partial charge is 0.464 e. The second-order valence-corrected chi connectivity index (χ2v) is 3.57. The molecule has 0 saturated heterocycles. The Labute approximate surface area is 90.6 Å². The summed E-state index contributed by atoms with van der Waals surface area (Å²) in [6, 6.07) is 0. The molecule has 0 aliphatic carbocycles. The minimum Gasteiger partial charge on any atom is -0.464 e. The number of carbonyl (C=O) groups excluding carboxylic acids is 2. The monoisotopic (exact) mass is 216 g/mol.